The average Bonchev–Trinajstić information content (AvgIpc) is 3.47. The highest BCUT2D eigenvalue weighted by molar-refractivity contribution is 5.85. The van der Waals surface area contributed by atoms with Gasteiger partial charge in [-0.3, -0.25) is 0 Å². The zero-order valence-corrected chi connectivity index (χ0v) is 17.8. The Hall–Kier alpha value is -4.07. The van der Waals surface area contributed by atoms with Gasteiger partial charge in [0.05, 0.1) is 11.9 Å². The first-order valence-corrected chi connectivity index (χ1v) is 10.5. The molecule has 0 bridgehead atoms. The number of imidazole rings is 1. The highest BCUT2D eigenvalue weighted by Gasteiger charge is 2.12. The molecule has 2 N–H and O–H groups in total. The van der Waals surface area contributed by atoms with Gasteiger partial charge in [-0.25, -0.2) is 9.78 Å². The largest absolute Gasteiger partial charge is 0.478 e. The van der Waals surface area contributed by atoms with Gasteiger partial charge in [0.15, 0.2) is 0 Å². The van der Waals surface area contributed by atoms with Gasteiger partial charge < -0.3 is 9.67 Å². The van der Waals surface area contributed by atoms with Crippen LogP contribution in [0.5, 0.6) is 0 Å². The fourth-order valence-corrected chi connectivity index (χ4v) is 3.61. The normalized spacial score (nSPS) is 11.3. The van der Waals surface area contributed by atoms with Crippen molar-refractivity contribution in [1.29, 1.82) is 0 Å². The van der Waals surface area contributed by atoms with E-state index in [9.17, 15) is 4.79 Å². The number of H-pyrrole nitrogens is 1. The molecule has 0 saturated heterocycles. The maximum Gasteiger partial charge on any atom is 0.328 e. The summed E-state index contributed by atoms with van der Waals surface area (Å²) in [5.41, 5.74) is 4.87. The van der Waals surface area contributed by atoms with E-state index in [1.165, 1.54) is 0 Å². The molecule has 2 aromatic carbocycles. The number of benzene rings is 2. The molecule has 0 radical (unpaired) electrons. The predicted molar refractivity (Wildman–Crippen MR) is 122 cm³/mol. The Morgan fingerprint density at radius 2 is 1.91 bits per heavy atom. The van der Waals surface area contributed by atoms with Crippen LogP contribution in [-0.2, 0) is 17.8 Å². The van der Waals surface area contributed by atoms with E-state index < -0.39 is 5.97 Å². The second-order valence-corrected chi connectivity index (χ2v) is 7.44. The summed E-state index contributed by atoms with van der Waals surface area (Å²) in [5, 5.41) is 23.4. The fourth-order valence-electron chi connectivity index (χ4n) is 3.61. The molecule has 2 aromatic heterocycles. The van der Waals surface area contributed by atoms with E-state index in [2.05, 4.69) is 61.4 Å². The van der Waals surface area contributed by atoms with Crippen molar-refractivity contribution in [2.45, 2.75) is 32.7 Å². The predicted octanol–water partition coefficient (Wildman–Crippen LogP) is 4.22. The Morgan fingerprint density at radius 1 is 1.12 bits per heavy atom. The molecule has 162 valence electrons. The molecule has 0 saturated carbocycles. The molecule has 8 heteroatoms. The minimum Gasteiger partial charge on any atom is -0.478 e. The molecule has 8 nitrogen and oxygen atoms in total. The first-order chi connectivity index (χ1) is 15.7. The van der Waals surface area contributed by atoms with Crippen LogP contribution in [0.1, 0.15) is 36.8 Å². The van der Waals surface area contributed by atoms with E-state index >= 15 is 0 Å². The van der Waals surface area contributed by atoms with Crippen LogP contribution in [0.25, 0.3) is 28.6 Å². The number of carboxylic acid groups (broad SMARTS) is 1. The van der Waals surface area contributed by atoms with Gasteiger partial charge >= 0.3 is 5.97 Å². The van der Waals surface area contributed by atoms with Crippen LogP contribution in [-0.4, -0.2) is 41.3 Å². The molecule has 0 spiro atoms. The van der Waals surface area contributed by atoms with Gasteiger partial charge in [0.1, 0.15) is 5.82 Å². The van der Waals surface area contributed by atoms with Crippen molar-refractivity contribution in [2.75, 3.05) is 0 Å². The summed E-state index contributed by atoms with van der Waals surface area (Å²) in [4.78, 5) is 15.5. The fraction of sp³-hybridized carbons (Fsp3) is 0.208. The molecule has 0 atom stereocenters. The van der Waals surface area contributed by atoms with Gasteiger partial charge in [0, 0.05) is 24.6 Å². The number of carbonyl (C=O) groups is 1. The standard InChI is InChI=1S/C24H24N6O2/c1-2-3-8-22-25-15-19(13-14-23(31)32)30(22)16-17-9-11-18(12-10-17)20-6-4-5-7-21(20)24-26-28-29-27-24/h4-7,9-15H,2-3,8,16H2,1H3,(H,31,32)(H,26,27,28,29). The summed E-state index contributed by atoms with van der Waals surface area (Å²) in [6.07, 6.45) is 7.44. The SMILES string of the molecule is CCCCc1ncc(C=CC(=O)O)n1Cc1ccc(-c2ccccc2-c2nn[nH]n2)cc1. The van der Waals surface area contributed by atoms with Crippen molar-refractivity contribution in [2.24, 2.45) is 0 Å². The Morgan fingerprint density at radius 3 is 2.59 bits per heavy atom. The van der Waals surface area contributed by atoms with E-state index in [1.54, 1.807) is 12.3 Å². The van der Waals surface area contributed by atoms with Crippen LogP contribution in [0, 0.1) is 0 Å². The molecule has 0 aliphatic carbocycles. The van der Waals surface area contributed by atoms with Crippen LogP contribution >= 0.6 is 0 Å². The summed E-state index contributed by atoms with van der Waals surface area (Å²) in [6, 6.07) is 16.3. The second kappa shape index (κ2) is 9.82. The molecule has 4 rings (SSSR count). The van der Waals surface area contributed by atoms with Crippen molar-refractivity contribution in [3.63, 3.8) is 0 Å². The van der Waals surface area contributed by atoms with Crippen LogP contribution < -0.4 is 0 Å². The van der Waals surface area contributed by atoms with Crippen LogP contribution in [0.15, 0.2) is 60.8 Å². The van der Waals surface area contributed by atoms with Gasteiger partial charge in [0.25, 0.3) is 0 Å². The quantitative estimate of drug-likeness (QED) is 0.386. The van der Waals surface area contributed by atoms with Gasteiger partial charge in [-0.15, -0.1) is 10.2 Å². The number of nitrogens with one attached hydrogen (secondary N) is 1. The number of unbranched alkanes of at least 4 members (excludes halogenated alkanes) is 1. The van der Waals surface area contributed by atoms with Crippen LogP contribution in [0.4, 0.5) is 0 Å². The van der Waals surface area contributed by atoms with Crippen molar-refractivity contribution >= 4 is 12.0 Å². The van der Waals surface area contributed by atoms with Crippen molar-refractivity contribution in [3.05, 3.63) is 77.9 Å². The number of rotatable bonds is 9. The minimum atomic E-state index is -0.975. The van der Waals surface area contributed by atoms with Gasteiger partial charge in [-0.2, -0.15) is 5.21 Å². The van der Waals surface area contributed by atoms with Crippen molar-refractivity contribution in [3.8, 4) is 22.5 Å². The monoisotopic (exact) mass is 428 g/mol. The van der Waals surface area contributed by atoms with Crippen molar-refractivity contribution in [1.82, 2.24) is 30.2 Å². The molecule has 2 heterocycles. The van der Waals surface area contributed by atoms with Crippen LogP contribution in [0.2, 0.25) is 0 Å². The lowest BCUT2D eigenvalue weighted by Gasteiger charge is -2.12. The number of aromatic nitrogens is 6. The number of aliphatic carboxylic acids is 1. The highest BCUT2D eigenvalue weighted by Crippen LogP contribution is 2.30. The minimum absolute atomic E-state index is 0.554. The van der Waals surface area contributed by atoms with E-state index in [0.717, 1.165) is 59.1 Å². The molecular weight excluding hydrogens is 404 g/mol. The molecular formula is C24H24N6O2. The summed E-state index contributed by atoms with van der Waals surface area (Å²) < 4.78 is 2.08. The number of tetrazole rings is 1. The zero-order valence-electron chi connectivity index (χ0n) is 17.8. The van der Waals surface area contributed by atoms with E-state index in [1.807, 2.05) is 24.3 Å². The summed E-state index contributed by atoms with van der Waals surface area (Å²) in [5.74, 6) is 0.541. The molecule has 32 heavy (non-hydrogen) atoms. The van der Waals surface area contributed by atoms with E-state index in [0.29, 0.717) is 12.4 Å². The second-order valence-electron chi connectivity index (χ2n) is 7.44. The third-order valence-electron chi connectivity index (χ3n) is 5.24. The molecule has 0 fully saturated rings. The lowest BCUT2D eigenvalue weighted by molar-refractivity contribution is -0.131. The maximum atomic E-state index is 11.0. The highest BCUT2D eigenvalue weighted by atomic mass is 16.4. The van der Waals surface area contributed by atoms with Gasteiger partial charge in [-0.1, -0.05) is 61.9 Å². The molecule has 4 aromatic rings. The lowest BCUT2D eigenvalue weighted by atomic mass is 9.98. The van der Waals surface area contributed by atoms with Gasteiger partial charge in [-0.05, 0) is 34.4 Å². The Kier molecular flexibility index (Phi) is 6.50. The first kappa shape index (κ1) is 21.2. The van der Waals surface area contributed by atoms with Crippen LogP contribution in [0.3, 0.4) is 0 Å². The number of aromatic amines is 1. The third kappa shape index (κ3) is 4.80. The van der Waals surface area contributed by atoms with E-state index in [-0.39, 0.29) is 0 Å². The van der Waals surface area contributed by atoms with Crippen molar-refractivity contribution < 1.29 is 9.90 Å². The summed E-state index contributed by atoms with van der Waals surface area (Å²) >= 11 is 0. The zero-order chi connectivity index (χ0) is 22.3. The number of hydrogen-bond donors (Lipinski definition) is 2. The number of nitrogens with zero attached hydrogens (tertiary/aromatic N) is 5. The lowest BCUT2D eigenvalue weighted by Crippen LogP contribution is -2.07. The average molecular weight is 428 g/mol. The Balaban J connectivity index is 1.61. The summed E-state index contributed by atoms with van der Waals surface area (Å²) in [7, 11) is 0. The molecule has 0 amide bonds. The third-order valence-corrected chi connectivity index (χ3v) is 5.24. The summed E-state index contributed by atoms with van der Waals surface area (Å²) in [6.45, 7) is 2.76. The van der Waals surface area contributed by atoms with E-state index in [4.69, 9.17) is 5.11 Å². The first-order valence-electron chi connectivity index (χ1n) is 10.5. The number of aryl methyl sites for hydroxylation is 1. The number of hydrogen-bond acceptors (Lipinski definition) is 5. The Labute approximate surface area is 185 Å². The maximum absolute atomic E-state index is 11.0. The number of carboxylic acids is 1. The smallest absolute Gasteiger partial charge is 0.328 e. The molecule has 0 aliphatic rings. The molecule has 0 unspecified atom stereocenters. The topological polar surface area (TPSA) is 110 Å². The Bertz CT molecular complexity index is 1210. The molecule has 0 aliphatic heterocycles. The van der Waals surface area contributed by atoms with Gasteiger partial charge in [0.2, 0.25) is 5.82 Å².